The molecule has 10 heteroatoms. The van der Waals surface area contributed by atoms with Crippen LogP contribution in [0.3, 0.4) is 0 Å². The zero-order valence-corrected chi connectivity index (χ0v) is 28.4. The predicted octanol–water partition coefficient (Wildman–Crippen LogP) is 6.71. The number of phenolic OH excluding ortho intramolecular Hbond substituents is 1. The number of amides is 4. The summed E-state index contributed by atoms with van der Waals surface area (Å²) in [4.78, 5) is 60.2. The summed E-state index contributed by atoms with van der Waals surface area (Å²) in [5.41, 5.74) is 5.24. The van der Waals surface area contributed by atoms with Crippen molar-refractivity contribution in [2.75, 3.05) is 5.43 Å². The molecule has 242 valence electrons. The van der Waals surface area contributed by atoms with Gasteiger partial charge in [-0.15, -0.1) is 11.3 Å². The number of benzene rings is 3. The Morgan fingerprint density at radius 1 is 0.917 bits per heavy atom. The maximum atomic E-state index is 15.2. The van der Waals surface area contributed by atoms with Crippen molar-refractivity contribution in [2.24, 2.45) is 23.7 Å². The van der Waals surface area contributed by atoms with E-state index in [4.69, 9.17) is 0 Å². The highest BCUT2D eigenvalue weighted by Gasteiger charge is 2.70. The van der Waals surface area contributed by atoms with Crippen LogP contribution in [0.15, 0.2) is 106 Å². The number of likely N-dealkylation sites (tertiary alicyclic amines) is 1. The van der Waals surface area contributed by atoms with Gasteiger partial charge in [0.2, 0.25) is 11.8 Å². The molecule has 4 aliphatic rings. The van der Waals surface area contributed by atoms with Crippen molar-refractivity contribution in [1.29, 1.82) is 0 Å². The second-order valence-corrected chi connectivity index (χ2v) is 15.1. The minimum Gasteiger partial charge on any atom is -0.508 e. The minimum atomic E-state index is -1.44. The van der Waals surface area contributed by atoms with Gasteiger partial charge in [0.1, 0.15) is 5.75 Å². The molecule has 1 aromatic heterocycles. The zero-order valence-electron chi connectivity index (χ0n) is 26.0. The summed E-state index contributed by atoms with van der Waals surface area (Å²) in [6.45, 7) is 2.17. The Bertz CT molecular complexity index is 2000. The van der Waals surface area contributed by atoms with E-state index in [0.29, 0.717) is 27.7 Å². The van der Waals surface area contributed by atoms with Gasteiger partial charge in [0.15, 0.2) is 0 Å². The number of nitrogens with one attached hydrogen (secondary N) is 1. The van der Waals surface area contributed by atoms with Crippen molar-refractivity contribution in [3.05, 3.63) is 128 Å². The molecule has 4 amide bonds. The number of nitrogens with zero attached hydrogens (tertiary/aromatic N) is 2. The molecule has 4 aromatic rings. The molecule has 8 rings (SSSR count). The van der Waals surface area contributed by atoms with Crippen LogP contribution in [0.4, 0.5) is 5.69 Å². The van der Waals surface area contributed by atoms with Crippen molar-refractivity contribution in [3.8, 4) is 5.75 Å². The van der Waals surface area contributed by atoms with Crippen molar-refractivity contribution in [2.45, 2.75) is 37.6 Å². The summed E-state index contributed by atoms with van der Waals surface area (Å²) >= 11 is 5.07. The Balaban J connectivity index is 1.31. The summed E-state index contributed by atoms with van der Waals surface area (Å²) in [6.07, 6.45) is 2.54. The molecular formula is C38H32BrN3O5S. The summed E-state index contributed by atoms with van der Waals surface area (Å²) in [5.74, 6) is -4.70. The van der Waals surface area contributed by atoms with Crippen molar-refractivity contribution >= 4 is 56.6 Å². The Morgan fingerprint density at radius 3 is 2.42 bits per heavy atom. The SMILES string of the molecule is Cc1ccc(NN2C(=O)[C@@H]3C[C@@H]4C(=CC[C@@H]5C(=O)N(Cc6cccs6)C(=O)[C@@H]54)[C@H](c4cc(Br)ccc4O)[C@]3(c3ccccc3)C2=O)cc1. The minimum absolute atomic E-state index is 0.0146. The van der Waals surface area contributed by atoms with Crippen LogP contribution >= 0.6 is 27.3 Å². The summed E-state index contributed by atoms with van der Waals surface area (Å²) < 4.78 is 0.701. The lowest BCUT2D eigenvalue weighted by Crippen LogP contribution is -2.53. The number of carbonyl (C=O) groups excluding carboxylic acids is 4. The number of hydrazine groups is 1. The smallest absolute Gasteiger partial charge is 0.260 e. The van der Waals surface area contributed by atoms with Crippen LogP contribution in [0.2, 0.25) is 0 Å². The van der Waals surface area contributed by atoms with Crippen LogP contribution in [0.25, 0.3) is 0 Å². The van der Waals surface area contributed by atoms with Crippen molar-refractivity contribution in [3.63, 3.8) is 0 Å². The van der Waals surface area contributed by atoms with E-state index < -0.39 is 46.8 Å². The number of hydrogen-bond acceptors (Lipinski definition) is 7. The molecule has 2 aliphatic carbocycles. The van der Waals surface area contributed by atoms with Crippen LogP contribution < -0.4 is 5.43 Å². The van der Waals surface area contributed by atoms with Gasteiger partial charge in [-0.2, -0.15) is 5.01 Å². The fourth-order valence-corrected chi connectivity index (χ4v) is 9.70. The van der Waals surface area contributed by atoms with Gasteiger partial charge in [0.05, 0.1) is 35.4 Å². The molecule has 2 saturated heterocycles. The van der Waals surface area contributed by atoms with Gasteiger partial charge < -0.3 is 5.11 Å². The van der Waals surface area contributed by atoms with Gasteiger partial charge >= 0.3 is 0 Å². The topological polar surface area (TPSA) is 107 Å². The van der Waals surface area contributed by atoms with Crippen molar-refractivity contribution in [1.82, 2.24) is 9.91 Å². The molecular weight excluding hydrogens is 690 g/mol. The quantitative estimate of drug-likeness (QED) is 0.169. The number of aryl methyl sites for hydroxylation is 1. The molecule has 3 aromatic carbocycles. The normalized spacial score (nSPS) is 27.9. The number of aromatic hydroxyl groups is 1. The van der Waals surface area contributed by atoms with Crippen LogP contribution in [0.5, 0.6) is 5.75 Å². The molecule has 2 N–H and O–H groups in total. The number of anilines is 1. The molecule has 1 saturated carbocycles. The van der Waals surface area contributed by atoms with E-state index in [0.717, 1.165) is 21.0 Å². The lowest BCUT2D eigenvalue weighted by Gasteiger charge is -2.50. The third kappa shape index (κ3) is 4.53. The predicted molar refractivity (Wildman–Crippen MR) is 184 cm³/mol. The molecule has 8 nitrogen and oxygen atoms in total. The average Bonchev–Trinajstić information content (AvgIpc) is 3.75. The van der Waals surface area contributed by atoms with Gasteiger partial charge in [-0.05, 0) is 73.0 Å². The van der Waals surface area contributed by atoms with Crippen LogP contribution in [0, 0.1) is 30.6 Å². The summed E-state index contributed by atoms with van der Waals surface area (Å²) in [6, 6.07) is 25.7. The summed E-state index contributed by atoms with van der Waals surface area (Å²) in [5, 5.41) is 14.6. The molecule has 0 radical (unpaired) electrons. The molecule has 0 unspecified atom stereocenters. The van der Waals surface area contributed by atoms with E-state index in [1.54, 1.807) is 18.2 Å². The molecule has 3 fully saturated rings. The highest BCUT2D eigenvalue weighted by molar-refractivity contribution is 9.10. The third-order valence-corrected chi connectivity index (χ3v) is 12.0. The first-order chi connectivity index (χ1) is 23.2. The van der Waals surface area contributed by atoms with E-state index in [1.807, 2.05) is 85.1 Å². The third-order valence-electron chi connectivity index (χ3n) is 10.7. The average molecular weight is 723 g/mol. The maximum absolute atomic E-state index is 15.2. The molecule has 3 heterocycles. The number of allylic oxidation sites excluding steroid dienone is 2. The number of carbonyl (C=O) groups is 4. The number of fused-ring (bicyclic) bond motifs is 4. The van der Waals surface area contributed by atoms with E-state index in [2.05, 4.69) is 21.4 Å². The van der Waals surface area contributed by atoms with Gasteiger partial charge in [-0.3, -0.25) is 29.5 Å². The Morgan fingerprint density at radius 2 is 1.69 bits per heavy atom. The number of phenols is 1. The fourth-order valence-electron chi connectivity index (χ4n) is 8.63. The standard InChI is InChI=1S/C38H32BrN3O5S/c1-21-9-12-24(13-10-21)40-42-35(45)30-19-28-26(14-15-27-32(28)36(46)41(34(27)44)20-25-8-5-17-48-25)33(29-18-23(39)11-16-31(29)43)38(30,37(42)47)22-6-3-2-4-7-22/h2-14,16-18,27-28,30,32-33,40,43H,15,19-20H2,1H3/t27-,28+,30-,32-,33+,38+/m0/s1. The number of halogens is 1. The second-order valence-electron chi connectivity index (χ2n) is 13.1. The zero-order chi connectivity index (χ0) is 33.3. The fraction of sp³-hybridized carbons (Fsp3) is 0.263. The van der Waals surface area contributed by atoms with Crippen LogP contribution in [0.1, 0.15) is 40.3 Å². The lowest BCUT2D eigenvalue weighted by molar-refractivity contribution is -0.141. The number of thiophene rings is 1. The number of imide groups is 2. The largest absolute Gasteiger partial charge is 0.508 e. The monoisotopic (exact) mass is 721 g/mol. The van der Waals surface area contributed by atoms with Gasteiger partial charge in [-0.1, -0.05) is 81.7 Å². The van der Waals surface area contributed by atoms with E-state index in [1.165, 1.54) is 16.2 Å². The van der Waals surface area contributed by atoms with E-state index >= 15 is 4.79 Å². The molecule has 2 aliphatic heterocycles. The van der Waals surface area contributed by atoms with Gasteiger partial charge in [-0.25, -0.2) is 0 Å². The number of rotatable bonds is 6. The Labute approximate surface area is 290 Å². The van der Waals surface area contributed by atoms with E-state index in [-0.39, 0.29) is 30.5 Å². The van der Waals surface area contributed by atoms with E-state index in [9.17, 15) is 19.5 Å². The maximum Gasteiger partial charge on any atom is 0.260 e. The van der Waals surface area contributed by atoms with Crippen LogP contribution in [-0.2, 0) is 31.1 Å². The van der Waals surface area contributed by atoms with Gasteiger partial charge in [0.25, 0.3) is 11.8 Å². The Kier molecular flexibility index (Phi) is 7.41. The second kappa shape index (κ2) is 11.6. The molecule has 0 bridgehead atoms. The first-order valence-corrected chi connectivity index (χ1v) is 17.7. The molecule has 0 spiro atoms. The molecule has 48 heavy (non-hydrogen) atoms. The Hall–Kier alpha value is -4.54. The van der Waals surface area contributed by atoms with Crippen LogP contribution in [-0.4, -0.2) is 38.6 Å². The molecule has 6 atom stereocenters. The van der Waals surface area contributed by atoms with Gasteiger partial charge in [0, 0.05) is 20.8 Å². The lowest BCUT2D eigenvalue weighted by atomic mass is 9.49. The first-order valence-electron chi connectivity index (χ1n) is 16.0. The highest BCUT2D eigenvalue weighted by Crippen LogP contribution is 2.65. The summed E-state index contributed by atoms with van der Waals surface area (Å²) in [7, 11) is 0. The first kappa shape index (κ1) is 30.8. The van der Waals surface area contributed by atoms with Crippen molar-refractivity contribution < 1.29 is 24.3 Å². The highest BCUT2D eigenvalue weighted by atomic mass is 79.9. The number of hydrogen-bond donors (Lipinski definition) is 2.